The zero-order chi connectivity index (χ0) is 25.3. The van der Waals surface area contributed by atoms with E-state index in [0.717, 1.165) is 0 Å². The maximum absolute atomic E-state index is 11.5. The zero-order valence-electron chi connectivity index (χ0n) is 17.7. The second-order valence-corrected chi connectivity index (χ2v) is 6.28. The van der Waals surface area contributed by atoms with Gasteiger partial charge in [0.05, 0.1) is 29.4 Å². The quantitative estimate of drug-likeness (QED) is 0.234. The van der Waals surface area contributed by atoms with Gasteiger partial charge in [0.1, 0.15) is 6.04 Å². The van der Waals surface area contributed by atoms with Gasteiger partial charge in [0.15, 0.2) is 0 Å². The first kappa shape index (κ1) is 28.0. The van der Waals surface area contributed by atoms with Crippen LogP contribution in [-0.2, 0) is 14.3 Å². The highest BCUT2D eigenvalue weighted by Crippen LogP contribution is 2.29. The largest absolute Gasteiger partial charge is 0.481 e. The lowest BCUT2D eigenvalue weighted by atomic mass is 9.87. The Kier molecular flexibility index (Phi) is 10.5. The van der Waals surface area contributed by atoms with Gasteiger partial charge in [-0.1, -0.05) is 0 Å². The lowest BCUT2D eigenvalue weighted by Crippen LogP contribution is -2.30. The number of aliphatic carboxylic acids is 2. The van der Waals surface area contributed by atoms with Crippen molar-refractivity contribution in [1.29, 1.82) is 0 Å². The van der Waals surface area contributed by atoms with E-state index < -0.39 is 47.0 Å². The predicted octanol–water partition coefficient (Wildman–Crippen LogP) is 0.684. The van der Waals surface area contributed by atoms with Gasteiger partial charge in [-0.3, -0.25) is 14.6 Å². The van der Waals surface area contributed by atoms with Crippen LogP contribution < -0.4 is 5.73 Å². The lowest BCUT2D eigenvalue weighted by molar-refractivity contribution is -0.139. The van der Waals surface area contributed by atoms with E-state index in [9.17, 15) is 39.3 Å². The number of nitrogens with two attached hydrogens (primary N) is 1. The molecule has 0 fully saturated rings. The van der Waals surface area contributed by atoms with Crippen LogP contribution in [0.4, 0.5) is 0 Å². The first-order valence-corrected chi connectivity index (χ1v) is 8.81. The molecule has 32 heavy (non-hydrogen) atoms. The van der Waals surface area contributed by atoms with Crippen LogP contribution in [0.15, 0.2) is 4.99 Å². The summed E-state index contributed by atoms with van der Waals surface area (Å²) in [6, 6.07) is -1.06. The normalized spacial score (nSPS) is 11.6. The van der Waals surface area contributed by atoms with E-state index in [1.54, 1.807) is 0 Å². The van der Waals surface area contributed by atoms with Crippen molar-refractivity contribution in [1.82, 2.24) is 0 Å². The number of carboxylic acids is 5. The number of aromatic carboxylic acids is 3. The van der Waals surface area contributed by atoms with Crippen molar-refractivity contribution in [3.8, 4) is 0 Å². The molecule has 1 rings (SSSR count). The van der Waals surface area contributed by atoms with Gasteiger partial charge in [0.2, 0.25) is 5.90 Å². The molecule has 1 atom stereocenters. The number of carbonyl (C=O) groups is 5. The second-order valence-electron chi connectivity index (χ2n) is 6.28. The number of benzene rings is 1. The molecule has 1 aromatic carbocycles. The highest BCUT2D eigenvalue weighted by Gasteiger charge is 2.31. The fourth-order valence-corrected chi connectivity index (χ4v) is 2.78. The van der Waals surface area contributed by atoms with Crippen molar-refractivity contribution < 1.29 is 54.2 Å². The summed E-state index contributed by atoms with van der Waals surface area (Å²) in [4.78, 5) is 58.0. The highest BCUT2D eigenvalue weighted by atomic mass is 16.5. The van der Waals surface area contributed by atoms with Crippen LogP contribution in [0.2, 0.25) is 0 Å². The number of hydrogen-bond donors (Lipinski definition) is 6. The van der Waals surface area contributed by atoms with E-state index in [-0.39, 0.29) is 41.0 Å². The standard InChI is InChI=1S/C14H15NO7.C5H9NO4/c1-5-7(11(15-3)22-4)8(12(16)17)6(2)10(14(20)21)9(5)13(18)19;6-3(5(9)10)1-2-4(7)8/h1-4H3,(H,16,17)(H,18,19)(H,20,21);3H,1-2,6H2,(H,7,8)(H,9,10). The van der Waals surface area contributed by atoms with E-state index >= 15 is 0 Å². The molecule has 0 spiro atoms. The number of ether oxygens (including phenoxy) is 1. The number of carboxylic acid groups (broad SMARTS) is 5. The van der Waals surface area contributed by atoms with Gasteiger partial charge in [-0.05, 0) is 31.4 Å². The molecule has 0 saturated heterocycles. The smallest absolute Gasteiger partial charge is 0.336 e. The molecule has 1 unspecified atom stereocenters. The summed E-state index contributed by atoms with van der Waals surface area (Å²) in [6.45, 7) is 2.56. The summed E-state index contributed by atoms with van der Waals surface area (Å²) in [7, 11) is 2.61. The molecule has 7 N–H and O–H groups in total. The topological polar surface area (TPSA) is 234 Å². The third-order valence-electron chi connectivity index (χ3n) is 4.24. The second kappa shape index (κ2) is 12.0. The van der Waals surface area contributed by atoms with Gasteiger partial charge in [-0.25, -0.2) is 14.4 Å². The maximum Gasteiger partial charge on any atom is 0.336 e. The summed E-state index contributed by atoms with van der Waals surface area (Å²) in [6.07, 6.45) is -0.224. The molecule has 0 amide bonds. The van der Waals surface area contributed by atoms with Crippen LogP contribution in [0.3, 0.4) is 0 Å². The SMILES string of the molecule is CN=C(OC)c1c(C)c(C(=O)O)c(C(=O)O)c(C)c1C(=O)O.NC(CCC(=O)O)C(=O)O. The molecule has 0 heterocycles. The van der Waals surface area contributed by atoms with Crippen molar-refractivity contribution in [3.05, 3.63) is 33.4 Å². The average molecular weight is 456 g/mol. The van der Waals surface area contributed by atoms with Crippen molar-refractivity contribution in [2.24, 2.45) is 10.7 Å². The monoisotopic (exact) mass is 456 g/mol. The Balaban J connectivity index is 0.000000809. The first-order chi connectivity index (χ1) is 14.7. The molecule has 0 saturated carbocycles. The van der Waals surface area contributed by atoms with Gasteiger partial charge in [-0.2, -0.15) is 0 Å². The molecule has 0 aromatic heterocycles. The highest BCUT2D eigenvalue weighted by molar-refractivity contribution is 6.13. The van der Waals surface area contributed by atoms with Gasteiger partial charge >= 0.3 is 29.8 Å². The predicted molar refractivity (Wildman–Crippen MR) is 109 cm³/mol. The fourth-order valence-electron chi connectivity index (χ4n) is 2.78. The van der Waals surface area contributed by atoms with Gasteiger partial charge in [0.25, 0.3) is 0 Å². The number of methoxy groups -OCH3 is 1. The minimum absolute atomic E-state index is 0.0231. The van der Waals surface area contributed by atoms with E-state index in [4.69, 9.17) is 20.7 Å². The number of rotatable bonds is 8. The van der Waals surface area contributed by atoms with Crippen molar-refractivity contribution >= 4 is 35.7 Å². The molecule has 0 aliphatic rings. The van der Waals surface area contributed by atoms with Gasteiger partial charge < -0.3 is 36.0 Å². The van der Waals surface area contributed by atoms with Crippen molar-refractivity contribution in [2.45, 2.75) is 32.7 Å². The van der Waals surface area contributed by atoms with Crippen LogP contribution in [0, 0.1) is 13.8 Å². The molecule has 0 bridgehead atoms. The van der Waals surface area contributed by atoms with Crippen molar-refractivity contribution in [2.75, 3.05) is 14.2 Å². The number of nitrogens with zero attached hydrogens (tertiary/aromatic N) is 1. The van der Waals surface area contributed by atoms with E-state index in [2.05, 4.69) is 4.99 Å². The Morgan fingerprint density at radius 3 is 1.50 bits per heavy atom. The van der Waals surface area contributed by atoms with Crippen molar-refractivity contribution in [3.63, 3.8) is 0 Å². The molecule has 0 aliphatic carbocycles. The van der Waals surface area contributed by atoms with E-state index in [1.807, 2.05) is 0 Å². The van der Waals surface area contributed by atoms with Gasteiger partial charge in [0, 0.05) is 13.5 Å². The lowest BCUT2D eigenvalue weighted by Gasteiger charge is -2.18. The van der Waals surface area contributed by atoms with Crippen LogP contribution in [-0.4, -0.2) is 81.5 Å². The maximum atomic E-state index is 11.5. The number of hydrogen-bond acceptors (Lipinski definition) is 8. The summed E-state index contributed by atoms with van der Waals surface area (Å²) in [5.41, 5.74) is 3.37. The van der Waals surface area contributed by atoms with E-state index in [1.165, 1.54) is 28.0 Å². The number of aliphatic imine (C=N–C) groups is 1. The Morgan fingerprint density at radius 2 is 1.22 bits per heavy atom. The van der Waals surface area contributed by atoms with Crippen LogP contribution in [0.25, 0.3) is 0 Å². The Hall–Kier alpha value is -4.00. The molecular formula is C19H24N2O11. The zero-order valence-corrected chi connectivity index (χ0v) is 17.7. The summed E-state index contributed by atoms with van der Waals surface area (Å²) in [5.74, 6) is -6.66. The van der Waals surface area contributed by atoms with E-state index in [0.29, 0.717) is 0 Å². The molecule has 176 valence electrons. The minimum Gasteiger partial charge on any atom is -0.481 e. The third kappa shape index (κ3) is 6.77. The van der Waals surface area contributed by atoms with Crippen LogP contribution in [0.5, 0.6) is 0 Å². The molecule has 0 radical (unpaired) electrons. The van der Waals surface area contributed by atoms with Crippen LogP contribution in [0.1, 0.15) is 60.6 Å². The fraction of sp³-hybridized carbons (Fsp3) is 0.368. The Labute approximate surface area is 181 Å². The molecule has 1 aromatic rings. The summed E-state index contributed by atoms with van der Waals surface area (Å²) >= 11 is 0. The first-order valence-electron chi connectivity index (χ1n) is 8.81. The summed E-state index contributed by atoms with van der Waals surface area (Å²) in [5, 5.41) is 44.2. The minimum atomic E-state index is -1.51. The van der Waals surface area contributed by atoms with Crippen LogP contribution >= 0.6 is 0 Å². The molecule has 0 aliphatic heterocycles. The Morgan fingerprint density at radius 1 is 0.844 bits per heavy atom. The molecular weight excluding hydrogens is 432 g/mol. The van der Waals surface area contributed by atoms with Gasteiger partial charge in [-0.15, -0.1) is 0 Å². The Bertz CT molecular complexity index is 967. The molecule has 13 nitrogen and oxygen atoms in total. The molecule has 13 heteroatoms. The summed E-state index contributed by atoms with van der Waals surface area (Å²) < 4.78 is 4.99. The third-order valence-corrected chi connectivity index (χ3v) is 4.24. The average Bonchev–Trinajstić information content (AvgIpc) is 2.68.